The highest BCUT2D eigenvalue weighted by Crippen LogP contribution is 1.98. The van der Waals surface area contributed by atoms with Gasteiger partial charge in [0, 0.05) is 6.42 Å². The van der Waals surface area contributed by atoms with Crippen molar-refractivity contribution in [2.75, 3.05) is 7.11 Å². The average molecular weight is 168 g/mol. The second-order valence-electron chi connectivity index (χ2n) is 3.14. The van der Waals surface area contributed by atoms with Crippen molar-refractivity contribution in [1.29, 1.82) is 0 Å². The van der Waals surface area contributed by atoms with Crippen LogP contribution in [-0.2, 0) is 9.53 Å². The minimum Gasteiger partial charge on any atom is -0.469 e. The lowest BCUT2D eigenvalue weighted by Crippen LogP contribution is -1.99. The van der Waals surface area contributed by atoms with Crippen LogP contribution >= 0.6 is 0 Å². The van der Waals surface area contributed by atoms with Gasteiger partial charge in [0.2, 0.25) is 0 Å². The maximum atomic E-state index is 10.7. The number of hydrogen-bond donors (Lipinski definition) is 0. The lowest BCUT2D eigenvalue weighted by molar-refractivity contribution is -0.140. The molecule has 0 spiro atoms. The van der Waals surface area contributed by atoms with Gasteiger partial charge in [-0.25, -0.2) is 0 Å². The molecule has 0 saturated carbocycles. The van der Waals surface area contributed by atoms with Crippen LogP contribution in [-0.4, -0.2) is 19.8 Å². The first-order valence-electron chi connectivity index (χ1n) is 4.40. The summed E-state index contributed by atoms with van der Waals surface area (Å²) in [6, 6.07) is 0. The zero-order valence-electron chi connectivity index (χ0n) is 8.17. The van der Waals surface area contributed by atoms with Crippen LogP contribution in [0.1, 0.15) is 19.3 Å². The minimum atomic E-state index is -0.118. The van der Waals surface area contributed by atoms with E-state index in [9.17, 15) is 4.79 Å². The Morgan fingerprint density at radius 2 is 2.17 bits per heavy atom. The smallest absolute Gasteiger partial charge is 0.305 e. The number of allylic oxidation sites excluding steroid dienone is 1. The van der Waals surface area contributed by atoms with Crippen molar-refractivity contribution in [3.05, 3.63) is 12.1 Å². The molecule has 0 aliphatic rings. The maximum absolute atomic E-state index is 10.7. The van der Waals surface area contributed by atoms with Gasteiger partial charge in [0.25, 0.3) is 0 Å². The molecular formula is C9H17BO2. The Morgan fingerprint density at radius 3 is 2.67 bits per heavy atom. The lowest BCUT2D eigenvalue weighted by atomic mass is 9.55. The van der Waals surface area contributed by atoms with Gasteiger partial charge in [0.15, 0.2) is 6.71 Å². The molecule has 0 saturated heterocycles. The highest BCUT2D eigenvalue weighted by Gasteiger charge is 1.97. The van der Waals surface area contributed by atoms with Crippen LogP contribution in [0.4, 0.5) is 0 Å². The maximum Gasteiger partial charge on any atom is 0.305 e. The molecule has 0 fully saturated rings. The fraction of sp³-hybridized carbons (Fsp3) is 0.667. The molecule has 0 rings (SSSR count). The predicted molar refractivity (Wildman–Crippen MR) is 52.5 cm³/mol. The fourth-order valence-corrected chi connectivity index (χ4v) is 0.835. The molecule has 68 valence electrons. The molecule has 0 amide bonds. The van der Waals surface area contributed by atoms with Crippen molar-refractivity contribution < 1.29 is 9.53 Å². The normalized spacial score (nSPS) is 10.2. The third-order valence-electron chi connectivity index (χ3n) is 1.50. The largest absolute Gasteiger partial charge is 0.469 e. The molecule has 0 radical (unpaired) electrons. The van der Waals surface area contributed by atoms with E-state index in [0.717, 1.165) is 12.8 Å². The van der Waals surface area contributed by atoms with Gasteiger partial charge < -0.3 is 4.74 Å². The fourth-order valence-electron chi connectivity index (χ4n) is 0.835. The van der Waals surface area contributed by atoms with Crippen LogP contribution in [0.25, 0.3) is 0 Å². The Hall–Kier alpha value is -0.725. The van der Waals surface area contributed by atoms with E-state index in [1.165, 1.54) is 7.11 Å². The highest BCUT2D eigenvalue weighted by atomic mass is 16.5. The SMILES string of the molecule is COC(=O)CCCC=CB(C)C. The Bertz CT molecular complexity index is 153. The summed E-state index contributed by atoms with van der Waals surface area (Å²) in [6.45, 7) is 4.87. The zero-order chi connectivity index (χ0) is 9.40. The monoisotopic (exact) mass is 168 g/mol. The summed E-state index contributed by atoms with van der Waals surface area (Å²) in [5, 5.41) is 0. The Balaban J connectivity index is 3.27. The van der Waals surface area contributed by atoms with Crippen LogP contribution in [0.3, 0.4) is 0 Å². The van der Waals surface area contributed by atoms with Crippen LogP contribution < -0.4 is 0 Å². The van der Waals surface area contributed by atoms with Gasteiger partial charge in [-0.05, 0) is 12.8 Å². The molecule has 12 heavy (non-hydrogen) atoms. The van der Waals surface area contributed by atoms with E-state index in [2.05, 4.69) is 30.4 Å². The molecule has 0 aromatic carbocycles. The second-order valence-corrected chi connectivity index (χ2v) is 3.14. The van der Waals surface area contributed by atoms with Gasteiger partial charge in [-0.1, -0.05) is 19.7 Å². The topological polar surface area (TPSA) is 26.3 Å². The summed E-state index contributed by atoms with van der Waals surface area (Å²) in [7, 11) is 1.42. The van der Waals surface area contributed by atoms with Gasteiger partial charge in [-0.2, -0.15) is 0 Å². The van der Waals surface area contributed by atoms with Gasteiger partial charge >= 0.3 is 5.97 Å². The first kappa shape index (κ1) is 11.3. The van der Waals surface area contributed by atoms with Crippen molar-refractivity contribution >= 4 is 12.7 Å². The molecular weight excluding hydrogens is 151 g/mol. The van der Waals surface area contributed by atoms with Crippen LogP contribution in [0.2, 0.25) is 13.6 Å². The first-order valence-corrected chi connectivity index (χ1v) is 4.40. The minimum absolute atomic E-state index is 0.118. The van der Waals surface area contributed by atoms with Crippen LogP contribution in [0.5, 0.6) is 0 Å². The number of hydrogen-bond acceptors (Lipinski definition) is 2. The van der Waals surface area contributed by atoms with E-state index in [1.54, 1.807) is 0 Å². The molecule has 0 N–H and O–H groups in total. The number of ether oxygens (including phenoxy) is 1. The Labute approximate surface area is 75.1 Å². The summed E-state index contributed by atoms with van der Waals surface area (Å²) in [4.78, 5) is 10.7. The van der Waals surface area contributed by atoms with E-state index < -0.39 is 0 Å². The van der Waals surface area contributed by atoms with Crippen molar-refractivity contribution in [3.63, 3.8) is 0 Å². The quantitative estimate of drug-likeness (QED) is 0.357. The third-order valence-corrected chi connectivity index (χ3v) is 1.50. The van der Waals surface area contributed by atoms with Crippen molar-refractivity contribution in [3.8, 4) is 0 Å². The number of methoxy groups -OCH3 is 1. The van der Waals surface area contributed by atoms with Gasteiger partial charge in [0.05, 0.1) is 7.11 Å². The molecule has 0 aliphatic carbocycles. The molecule has 0 unspecified atom stereocenters. The van der Waals surface area contributed by atoms with Crippen LogP contribution in [0, 0.1) is 0 Å². The molecule has 0 heterocycles. The van der Waals surface area contributed by atoms with E-state index >= 15 is 0 Å². The molecule has 3 heteroatoms. The van der Waals surface area contributed by atoms with Crippen molar-refractivity contribution in [1.82, 2.24) is 0 Å². The third kappa shape index (κ3) is 7.38. The summed E-state index contributed by atoms with van der Waals surface area (Å²) >= 11 is 0. The number of unbranched alkanes of at least 4 members (excludes halogenated alkanes) is 1. The molecule has 0 bridgehead atoms. The highest BCUT2D eigenvalue weighted by molar-refractivity contribution is 6.61. The summed E-state index contributed by atoms with van der Waals surface area (Å²) in [5.41, 5.74) is 0. The molecule has 0 aliphatic heterocycles. The summed E-state index contributed by atoms with van der Waals surface area (Å²) in [6.07, 6.45) is 4.50. The molecule has 2 nitrogen and oxygen atoms in total. The number of rotatable bonds is 5. The van der Waals surface area contributed by atoms with E-state index in [1.807, 2.05) is 0 Å². The molecule has 0 aromatic rings. The van der Waals surface area contributed by atoms with Crippen LogP contribution in [0.15, 0.2) is 12.1 Å². The average Bonchev–Trinajstić information content (AvgIpc) is 2.03. The standard InChI is InChI=1S/C9H17BO2/c1-10(2)8-6-4-5-7-9(11)12-3/h6,8H,4-5,7H2,1-3H3. The number of carbonyl (C=O) groups is 1. The first-order chi connectivity index (χ1) is 5.66. The molecule has 0 aromatic heterocycles. The Morgan fingerprint density at radius 1 is 1.50 bits per heavy atom. The van der Waals surface area contributed by atoms with Gasteiger partial charge in [-0.3, -0.25) is 4.79 Å². The second kappa shape index (κ2) is 6.95. The zero-order valence-corrected chi connectivity index (χ0v) is 8.17. The number of carbonyl (C=O) groups excluding carboxylic acids is 1. The predicted octanol–water partition coefficient (Wildman–Crippen LogP) is 2.18. The lowest BCUT2D eigenvalue weighted by Gasteiger charge is -1.95. The van der Waals surface area contributed by atoms with Crippen molar-refractivity contribution in [2.24, 2.45) is 0 Å². The van der Waals surface area contributed by atoms with Gasteiger partial charge in [-0.15, -0.1) is 5.98 Å². The van der Waals surface area contributed by atoms with E-state index in [0.29, 0.717) is 13.1 Å². The summed E-state index contributed by atoms with van der Waals surface area (Å²) < 4.78 is 4.51. The van der Waals surface area contributed by atoms with Crippen molar-refractivity contribution in [2.45, 2.75) is 32.9 Å². The van der Waals surface area contributed by atoms with E-state index in [4.69, 9.17) is 0 Å². The summed E-state index contributed by atoms with van der Waals surface area (Å²) in [5.74, 6) is 2.03. The van der Waals surface area contributed by atoms with E-state index in [-0.39, 0.29) is 5.97 Å². The Kier molecular flexibility index (Phi) is 6.53. The number of esters is 1. The molecule has 0 atom stereocenters. The van der Waals surface area contributed by atoms with Gasteiger partial charge in [0.1, 0.15) is 0 Å².